The molecule has 2 aromatic carbocycles. The first-order chi connectivity index (χ1) is 13.3. The number of methoxy groups -OCH3 is 1. The molecule has 0 spiro atoms. The van der Waals surface area contributed by atoms with Crippen molar-refractivity contribution in [2.75, 3.05) is 12.9 Å². The van der Waals surface area contributed by atoms with Crippen LogP contribution < -0.4 is 5.43 Å². The zero-order chi connectivity index (χ0) is 20.8. The molecule has 1 amide bonds. The molecule has 0 atom stereocenters. The first-order valence-corrected chi connectivity index (χ1v) is 10.3. The van der Waals surface area contributed by atoms with Gasteiger partial charge in [0.15, 0.2) is 0 Å². The molecule has 0 aromatic heterocycles. The number of amides is 1. The van der Waals surface area contributed by atoms with E-state index in [4.69, 9.17) is 58.0 Å². The standard InChI is InChI=1S/C17H11Cl5N2O3S/c1-27-17(26)9-4-2-8(3-5-9)6-23-24-10(25)7-28-16-14(21)12(19)11(18)13(20)15(16)22/h2-6H,7H2,1H3,(H,24,25)/b23-6+. The molecule has 2 rings (SSSR count). The lowest BCUT2D eigenvalue weighted by Crippen LogP contribution is -2.19. The molecule has 5 nitrogen and oxygen atoms in total. The second-order valence-corrected chi connectivity index (χ2v) is 7.97. The molecule has 0 fully saturated rings. The SMILES string of the molecule is COC(=O)c1ccc(/C=N/NC(=O)CSc2c(Cl)c(Cl)c(Cl)c(Cl)c2Cl)cc1. The van der Waals surface area contributed by atoms with Crippen LogP contribution in [0.25, 0.3) is 0 Å². The summed E-state index contributed by atoms with van der Waals surface area (Å²) in [6.45, 7) is 0. The van der Waals surface area contributed by atoms with Crippen molar-refractivity contribution in [2.45, 2.75) is 4.90 Å². The molecule has 0 radical (unpaired) electrons. The Labute approximate surface area is 190 Å². The van der Waals surface area contributed by atoms with E-state index in [0.29, 0.717) is 16.0 Å². The number of ether oxygens (including phenoxy) is 1. The number of hydrazone groups is 1. The Morgan fingerprint density at radius 2 is 1.54 bits per heavy atom. The Balaban J connectivity index is 1.95. The molecule has 0 bridgehead atoms. The summed E-state index contributed by atoms with van der Waals surface area (Å²) < 4.78 is 4.62. The van der Waals surface area contributed by atoms with Crippen molar-refractivity contribution in [3.63, 3.8) is 0 Å². The van der Waals surface area contributed by atoms with Crippen molar-refractivity contribution in [3.05, 3.63) is 60.5 Å². The molecule has 0 aliphatic rings. The largest absolute Gasteiger partial charge is 0.465 e. The molecule has 0 aliphatic heterocycles. The average molecular weight is 501 g/mol. The van der Waals surface area contributed by atoms with Crippen molar-refractivity contribution in [2.24, 2.45) is 5.10 Å². The van der Waals surface area contributed by atoms with E-state index >= 15 is 0 Å². The van der Waals surface area contributed by atoms with Crippen LogP contribution in [-0.4, -0.2) is 31.0 Å². The van der Waals surface area contributed by atoms with Gasteiger partial charge in [-0.15, -0.1) is 11.8 Å². The fourth-order valence-corrected chi connectivity index (χ4v) is 4.26. The van der Waals surface area contributed by atoms with Gasteiger partial charge in [0.25, 0.3) is 0 Å². The summed E-state index contributed by atoms with van der Waals surface area (Å²) in [5.74, 6) is -0.873. The maximum Gasteiger partial charge on any atom is 0.337 e. The fraction of sp³-hybridized carbons (Fsp3) is 0.118. The van der Waals surface area contributed by atoms with E-state index in [1.165, 1.54) is 13.3 Å². The number of nitrogens with one attached hydrogen (secondary N) is 1. The van der Waals surface area contributed by atoms with E-state index in [1.807, 2.05) is 0 Å². The van der Waals surface area contributed by atoms with Crippen molar-refractivity contribution >= 4 is 87.9 Å². The van der Waals surface area contributed by atoms with Crippen molar-refractivity contribution in [1.29, 1.82) is 0 Å². The molecule has 28 heavy (non-hydrogen) atoms. The fourth-order valence-electron chi connectivity index (χ4n) is 1.88. The van der Waals surface area contributed by atoms with E-state index in [-0.39, 0.29) is 30.9 Å². The Morgan fingerprint density at radius 1 is 1.00 bits per heavy atom. The number of hydrogen-bond acceptors (Lipinski definition) is 5. The van der Waals surface area contributed by atoms with Gasteiger partial charge in [0.1, 0.15) is 0 Å². The smallest absolute Gasteiger partial charge is 0.337 e. The number of halogens is 5. The zero-order valence-corrected chi connectivity index (χ0v) is 18.7. The van der Waals surface area contributed by atoms with E-state index in [1.54, 1.807) is 24.3 Å². The number of hydrogen-bond donors (Lipinski definition) is 1. The third-order valence-corrected chi connectivity index (χ3v) is 6.86. The second kappa shape index (κ2) is 10.6. The molecule has 2 aromatic rings. The highest BCUT2D eigenvalue weighted by Gasteiger charge is 2.20. The quantitative estimate of drug-likeness (QED) is 0.132. The summed E-state index contributed by atoms with van der Waals surface area (Å²) in [6.07, 6.45) is 1.43. The van der Waals surface area contributed by atoms with Gasteiger partial charge in [-0.2, -0.15) is 5.10 Å². The summed E-state index contributed by atoms with van der Waals surface area (Å²) in [5.41, 5.74) is 3.46. The van der Waals surface area contributed by atoms with Crippen molar-refractivity contribution in [3.8, 4) is 0 Å². The van der Waals surface area contributed by atoms with Gasteiger partial charge in [-0.1, -0.05) is 70.1 Å². The number of esters is 1. The van der Waals surface area contributed by atoms with Crippen molar-refractivity contribution in [1.82, 2.24) is 5.43 Å². The molecule has 0 saturated carbocycles. The molecular formula is C17H11Cl5N2O3S. The van der Waals surface area contributed by atoms with Gasteiger partial charge in [-0.05, 0) is 17.7 Å². The summed E-state index contributed by atoms with van der Waals surface area (Å²) in [4.78, 5) is 23.7. The minimum Gasteiger partial charge on any atom is -0.465 e. The lowest BCUT2D eigenvalue weighted by molar-refractivity contribution is -0.118. The highest BCUT2D eigenvalue weighted by atomic mass is 35.5. The normalized spacial score (nSPS) is 10.9. The number of thioether (sulfide) groups is 1. The number of nitrogens with zero attached hydrogens (tertiary/aromatic N) is 1. The number of rotatable bonds is 6. The number of benzene rings is 2. The van der Waals surface area contributed by atoms with Crippen molar-refractivity contribution < 1.29 is 14.3 Å². The molecule has 11 heteroatoms. The van der Waals surface area contributed by atoms with Crippen LogP contribution in [0.4, 0.5) is 0 Å². The minimum absolute atomic E-state index is 0.0354. The predicted molar refractivity (Wildman–Crippen MR) is 116 cm³/mol. The molecule has 0 saturated heterocycles. The van der Waals surface area contributed by atoms with Gasteiger partial charge in [0, 0.05) is 4.90 Å². The van der Waals surface area contributed by atoms with Gasteiger partial charge in [0.05, 0.1) is 49.8 Å². The van der Waals surface area contributed by atoms with Crippen LogP contribution in [0.1, 0.15) is 15.9 Å². The Hall–Kier alpha value is -1.15. The topological polar surface area (TPSA) is 67.8 Å². The Morgan fingerprint density at radius 3 is 2.07 bits per heavy atom. The van der Waals surface area contributed by atoms with Gasteiger partial charge in [0.2, 0.25) is 5.91 Å². The van der Waals surface area contributed by atoms with Crippen LogP contribution in [0.5, 0.6) is 0 Å². The monoisotopic (exact) mass is 498 g/mol. The minimum atomic E-state index is -0.437. The highest BCUT2D eigenvalue weighted by molar-refractivity contribution is 8.00. The Kier molecular flexibility index (Phi) is 8.74. The van der Waals surface area contributed by atoms with Crippen LogP contribution in [0.2, 0.25) is 25.1 Å². The van der Waals surface area contributed by atoms with E-state index in [0.717, 1.165) is 11.8 Å². The summed E-state index contributed by atoms with van der Waals surface area (Å²) in [5, 5.41) is 4.27. The first-order valence-electron chi connectivity index (χ1n) is 7.40. The molecule has 148 valence electrons. The van der Waals surface area contributed by atoms with Gasteiger partial charge in [-0.3, -0.25) is 4.79 Å². The van der Waals surface area contributed by atoms with Crippen LogP contribution in [-0.2, 0) is 9.53 Å². The van der Waals surface area contributed by atoms with E-state index in [2.05, 4.69) is 15.3 Å². The molecule has 0 heterocycles. The second-order valence-electron chi connectivity index (χ2n) is 5.09. The summed E-state index contributed by atoms with van der Waals surface area (Å²) in [6, 6.07) is 6.49. The maximum atomic E-state index is 12.0. The zero-order valence-electron chi connectivity index (χ0n) is 14.1. The third kappa shape index (κ3) is 5.69. The molecular weight excluding hydrogens is 490 g/mol. The highest BCUT2D eigenvalue weighted by Crippen LogP contribution is 2.47. The Bertz CT molecular complexity index is 906. The van der Waals surface area contributed by atoms with Crippen LogP contribution in [0.3, 0.4) is 0 Å². The predicted octanol–water partition coefficient (Wildman–Crippen LogP) is 5.98. The van der Waals surface area contributed by atoms with E-state index < -0.39 is 11.9 Å². The van der Waals surface area contributed by atoms with E-state index in [9.17, 15) is 9.59 Å². The molecule has 0 unspecified atom stereocenters. The lowest BCUT2D eigenvalue weighted by atomic mass is 10.1. The first kappa shape index (κ1) is 23.1. The van der Waals surface area contributed by atoms with Gasteiger partial charge >= 0.3 is 5.97 Å². The molecule has 0 aliphatic carbocycles. The van der Waals surface area contributed by atoms with Crippen LogP contribution in [0, 0.1) is 0 Å². The number of carbonyl (C=O) groups is 2. The number of carbonyl (C=O) groups excluding carboxylic acids is 2. The maximum absolute atomic E-state index is 12.0. The average Bonchev–Trinajstić information content (AvgIpc) is 2.70. The lowest BCUT2D eigenvalue weighted by Gasteiger charge is -2.11. The molecule has 1 N–H and O–H groups in total. The van der Waals surface area contributed by atoms with Crippen LogP contribution >= 0.6 is 69.8 Å². The van der Waals surface area contributed by atoms with Gasteiger partial charge < -0.3 is 4.74 Å². The summed E-state index contributed by atoms with van der Waals surface area (Å²) >= 11 is 31.2. The summed E-state index contributed by atoms with van der Waals surface area (Å²) in [7, 11) is 1.30. The van der Waals surface area contributed by atoms with Gasteiger partial charge in [-0.25, -0.2) is 10.2 Å². The third-order valence-electron chi connectivity index (χ3n) is 3.25. The van der Waals surface area contributed by atoms with Crippen LogP contribution in [0.15, 0.2) is 34.3 Å².